The Hall–Kier alpha value is -4.34. The molecule has 0 spiro atoms. The minimum Gasteiger partial charge on any atom is -0.478 e. The van der Waals surface area contributed by atoms with E-state index < -0.39 is 5.97 Å². The first kappa shape index (κ1) is 20.4. The van der Waals surface area contributed by atoms with E-state index in [1.807, 2.05) is 6.07 Å². The van der Waals surface area contributed by atoms with Gasteiger partial charge in [0.25, 0.3) is 0 Å². The van der Waals surface area contributed by atoms with Crippen molar-refractivity contribution in [1.82, 2.24) is 29.5 Å². The fraction of sp³-hybridized carbons (Fsp3) is 0.100. The lowest BCUT2D eigenvalue weighted by Crippen LogP contribution is -2.03. The molecule has 0 saturated carbocycles. The Balaban J connectivity index is 0.000000172. The molecule has 0 atom stereocenters. The number of nitrogens with zero attached hydrogens (tertiary/aromatic N) is 6. The monoisotopic (exact) mass is 406 g/mol. The first-order valence-electron chi connectivity index (χ1n) is 8.89. The zero-order valence-electron chi connectivity index (χ0n) is 16.0. The Morgan fingerprint density at radius 3 is 1.87 bits per heavy atom. The van der Waals surface area contributed by atoms with Gasteiger partial charge in [0.1, 0.15) is 0 Å². The molecule has 0 unspecified atom stereocenters. The van der Waals surface area contributed by atoms with Gasteiger partial charge in [-0.25, -0.2) is 19.0 Å². The van der Waals surface area contributed by atoms with Gasteiger partial charge >= 0.3 is 11.9 Å². The molecule has 0 aliphatic carbocycles. The first-order valence-corrected chi connectivity index (χ1v) is 8.89. The molecule has 1 N–H and O–H groups in total. The average molecular weight is 406 g/mol. The maximum atomic E-state index is 11.4. The third-order valence-electron chi connectivity index (χ3n) is 3.74. The highest BCUT2D eigenvalue weighted by atomic mass is 16.5. The van der Waals surface area contributed by atoms with Crippen LogP contribution in [0.2, 0.25) is 0 Å². The van der Waals surface area contributed by atoms with E-state index in [-0.39, 0.29) is 11.5 Å². The molecule has 0 aliphatic rings. The Kier molecular flexibility index (Phi) is 6.62. The molecule has 0 bridgehead atoms. The van der Waals surface area contributed by atoms with Gasteiger partial charge in [0.15, 0.2) is 0 Å². The van der Waals surface area contributed by atoms with Crippen LogP contribution >= 0.6 is 0 Å². The second-order valence-electron chi connectivity index (χ2n) is 5.80. The van der Waals surface area contributed by atoms with Crippen LogP contribution < -0.4 is 0 Å². The van der Waals surface area contributed by atoms with E-state index in [0.717, 1.165) is 11.4 Å². The number of carbonyl (C=O) groups excluding carboxylic acids is 1. The normalized spacial score (nSPS) is 10.0. The molecular weight excluding hydrogens is 388 g/mol. The molecule has 0 radical (unpaired) electrons. The highest BCUT2D eigenvalue weighted by Gasteiger charge is 2.09. The van der Waals surface area contributed by atoms with Gasteiger partial charge in [-0.3, -0.25) is 9.97 Å². The van der Waals surface area contributed by atoms with Gasteiger partial charge in [-0.15, -0.1) is 0 Å². The Morgan fingerprint density at radius 2 is 1.43 bits per heavy atom. The van der Waals surface area contributed by atoms with Gasteiger partial charge < -0.3 is 9.84 Å². The maximum absolute atomic E-state index is 11.4. The SMILES string of the molecule is CCOC(=O)c1cnn(-c2cccnc2)c1.O=C(O)c1cnn(-c2cccnc2)c1. The number of pyridine rings is 2. The fourth-order valence-corrected chi connectivity index (χ4v) is 2.34. The van der Waals surface area contributed by atoms with Gasteiger partial charge in [-0.05, 0) is 31.2 Å². The minimum absolute atomic E-state index is 0.161. The van der Waals surface area contributed by atoms with Crippen LogP contribution in [-0.2, 0) is 4.74 Å². The van der Waals surface area contributed by atoms with E-state index in [2.05, 4.69) is 20.2 Å². The maximum Gasteiger partial charge on any atom is 0.341 e. The highest BCUT2D eigenvalue weighted by Crippen LogP contribution is 2.07. The van der Waals surface area contributed by atoms with Crippen molar-refractivity contribution in [2.45, 2.75) is 6.92 Å². The van der Waals surface area contributed by atoms with Gasteiger partial charge in [0.05, 0.1) is 53.9 Å². The number of hydrogen-bond donors (Lipinski definition) is 1. The molecule has 152 valence electrons. The van der Waals surface area contributed by atoms with Gasteiger partial charge in [0.2, 0.25) is 0 Å². The third kappa shape index (κ3) is 5.13. The summed E-state index contributed by atoms with van der Waals surface area (Å²) < 4.78 is 7.92. The lowest BCUT2D eigenvalue weighted by Gasteiger charge is -1.98. The van der Waals surface area contributed by atoms with Crippen molar-refractivity contribution in [1.29, 1.82) is 0 Å². The van der Waals surface area contributed by atoms with Gasteiger partial charge in [0, 0.05) is 24.8 Å². The van der Waals surface area contributed by atoms with Crippen molar-refractivity contribution in [3.05, 3.63) is 85.0 Å². The summed E-state index contributed by atoms with van der Waals surface area (Å²) in [5.74, 6) is -1.35. The van der Waals surface area contributed by atoms with Crippen LogP contribution in [0.5, 0.6) is 0 Å². The van der Waals surface area contributed by atoms with Crippen LogP contribution in [0.15, 0.2) is 73.8 Å². The zero-order valence-corrected chi connectivity index (χ0v) is 16.0. The standard InChI is InChI=1S/C11H11N3O2.C9H7N3O2/c1-2-16-11(15)9-6-13-14(8-9)10-4-3-5-12-7-10;13-9(14)7-4-11-12(6-7)8-2-1-3-10-5-8/h3-8H,2H2,1H3;1-6H,(H,13,14). The van der Waals surface area contributed by atoms with Crippen molar-refractivity contribution in [3.8, 4) is 11.4 Å². The predicted octanol–water partition coefficient (Wildman–Crippen LogP) is 2.41. The summed E-state index contributed by atoms with van der Waals surface area (Å²) in [4.78, 5) is 29.9. The van der Waals surface area contributed by atoms with E-state index in [4.69, 9.17) is 9.84 Å². The highest BCUT2D eigenvalue weighted by molar-refractivity contribution is 5.88. The second-order valence-corrected chi connectivity index (χ2v) is 5.80. The number of hydrogen-bond acceptors (Lipinski definition) is 7. The molecule has 30 heavy (non-hydrogen) atoms. The largest absolute Gasteiger partial charge is 0.478 e. The molecule has 4 aromatic rings. The Labute approximate surface area is 171 Å². The summed E-state index contributed by atoms with van der Waals surface area (Å²) in [6.07, 6.45) is 12.4. The Morgan fingerprint density at radius 1 is 0.900 bits per heavy atom. The lowest BCUT2D eigenvalue weighted by molar-refractivity contribution is 0.0525. The number of ether oxygens (including phenoxy) is 1. The molecule has 0 fully saturated rings. The zero-order chi connectivity index (χ0) is 21.3. The topological polar surface area (TPSA) is 125 Å². The predicted molar refractivity (Wildman–Crippen MR) is 106 cm³/mol. The summed E-state index contributed by atoms with van der Waals surface area (Å²) in [5.41, 5.74) is 2.14. The molecule has 0 amide bonds. The molecule has 4 aromatic heterocycles. The van der Waals surface area contributed by atoms with Crippen LogP contribution in [0, 0.1) is 0 Å². The molecule has 10 heteroatoms. The van der Waals surface area contributed by atoms with Crippen molar-refractivity contribution in [2.24, 2.45) is 0 Å². The van der Waals surface area contributed by atoms with Crippen molar-refractivity contribution < 1.29 is 19.4 Å². The summed E-state index contributed by atoms with van der Waals surface area (Å²) >= 11 is 0. The van der Waals surface area contributed by atoms with E-state index >= 15 is 0 Å². The number of carboxylic acid groups (broad SMARTS) is 1. The second kappa shape index (κ2) is 9.73. The van der Waals surface area contributed by atoms with Crippen molar-refractivity contribution >= 4 is 11.9 Å². The average Bonchev–Trinajstić information content (AvgIpc) is 3.46. The quantitative estimate of drug-likeness (QED) is 0.501. The number of carboxylic acids is 1. The minimum atomic E-state index is -0.986. The molecule has 0 saturated heterocycles. The molecule has 4 rings (SSSR count). The first-order chi connectivity index (χ1) is 14.6. The number of esters is 1. The number of aromatic carboxylic acids is 1. The molecule has 4 heterocycles. The van der Waals surface area contributed by atoms with E-state index in [1.54, 1.807) is 60.8 Å². The van der Waals surface area contributed by atoms with Crippen LogP contribution in [0.3, 0.4) is 0 Å². The van der Waals surface area contributed by atoms with Crippen molar-refractivity contribution in [2.75, 3.05) is 6.61 Å². The van der Waals surface area contributed by atoms with Crippen LogP contribution in [0.1, 0.15) is 27.6 Å². The van der Waals surface area contributed by atoms with Crippen LogP contribution in [-0.4, -0.2) is 53.2 Å². The van der Waals surface area contributed by atoms with Gasteiger partial charge in [-0.1, -0.05) is 0 Å². The molecular formula is C20H18N6O4. The van der Waals surface area contributed by atoms with E-state index in [1.165, 1.54) is 23.3 Å². The van der Waals surface area contributed by atoms with Crippen LogP contribution in [0.4, 0.5) is 0 Å². The van der Waals surface area contributed by atoms with Gasteiger partial charge in [-0.2, -0.15) is 10.2 Å². The molecule has 0 aromatic carbocycles. The third-order valence-corrected chi connectivity index (χ3v) is 3.74. The lowest BCUT2D eigenvalue weighted by atomic mass is 10.4. The Bertz CT molecular complexity index is 1110. The molecule has 0 aliphatic heterocycles. The van der Waals surface area contributed by atoms with Crippen molar-refractivity contribution in [3.63, 3.8) is 0 Å². The number of aromatic nitrogens is 6. The van der Waals surface area contributed by atoms with E-state index in [0.29, 0.717) is 12.2 Å². The summed E-state index contributed by atoms with van der Waals surface area (Å²) in [7, 11) is 0. The molecule has 10 nitrogen and oxygen atoms in total. The van der Waals surface area contributed by atoms with Crippen LogP contribution in [0.25, 0.3) is 11.4 Å². The van der Waals surface area contributed by atoms with E-state index in [9.17, 15) is 9.59 Å². The summed E-state index contributed by atoms with van der Waals surface area (Å²) in [6.45, 7) is 2.13. The fourth-order valence-electron chi connectivity index (χ4n) is 2.34. The number of carbonyl (C=O) groups is 2. The summed E-state index contributed by atoms with van der Waals surface area (Å²) in [5, 5.41) is 16.6. The number of rotatable bonds is 5. The summed E-state index contributed by atoms with van der Waals surface area (Å²) in [6, 6.07) is 7.22. The smallest absolute Gasteiger partial charge is 0.341 e.